The SMILES string of the molecule is O=C(/C=C/c1ccccc1)O[C@@H]1C[C@](O)(C(=O)O)C[C@@H](OC(=O)/C=C/c2ccc(O)c(O)c2)[C@H]1O. The van der Waals surface area contributed by atoms with Crippen LogP contribution in [0.3, 0.4) is 0 Å². The summed E-state index contributed by atoms with van der Waals surface area (Å²) in [6.07, 6.45) is -1.03. The summed E-state index contributed by atoms with van der Waals surface area (Å²) in [6, 6.07) is 12.6. The lowest BCUT2D eigenvalue weighted by Crippen LogP contribution is -2.58. The van der Waals surface area contributed by atoms with Gasteiger partial charge in [-0.15, -0.1) is 0 Å². The summed E-state index contributed by atoms with van der Waals surface area (Å²) in [5.41, 5.74) is -1.36. The molecule has 0 unspecified atom stereocenters. The number of phenolic OH excluding ortho intramolecular Hbond substituents is 2. The maximum atomic E-state index is 12.3. The van der Waals surface area contributed by atoms with E-state index >= 15 is 0 Å². The minimum absolute atomic E-state index is 0.345. The van der Waals surface area contributed by atoms with Gasteiger partial charge in [-0.25, -0.2) is 14.4 Å². The zero-order valence-corrected chi connectivity index (χ0v) is 18.4. The molecule has 10 nitrogen and oxygen atoms in total. The quantitative estimate of drug-likeness (QED) is 0.221. The molecule has 0 radical (unpaired) electrons. The Hall–Kier alpha value is -4.15. The molecule has 3 rings (SSSR count). The number of rotatable bonds is 7. The fourth-order valence-electron chi connectivity index (χ4n) is 3.54. The molecule has 0 aliphatic heterocycles. The van der Waals surface area contributed by atoms with Gasteiger partial charge in [-0.05, 0) is 35.4 Å². The Morgan fingerprint density at radius 2 is 1.37 bits per heavy atom. The summed E-state index contributed by atoms with van der Waals surface area (Å²) in [5, 5.41) is 49.4. The predicted molar refractivity (Wildman–Crippen MR) is 122 cm³/mol. The van der Waals surface area contributed by atoms with Crippen LogP contribution < -0.4 is 0 Å². The number of phenols is 2. The van der Waals surface area contributed by atoms with E-state index in [1.807, 2.05) is 0 Å². The Morgan fingerprint density at radius 1 is 0.829 bits per heavy atom. The van der Waals surface area contributed by atoms with Crippen LogP contribution in [0.1, 0.15) is 24.0 Å². The Balaban J connectivity index is 1.70. The Morgan fingerprint density at radius 3 is 1.89 bits per heavy atom. The minimum atomic E-state index is -2.41. The van der Waals surface area contributed by atoms with E-state index < -0.39 is 60.4 Å². The molecule has 2 aromatic rings. The first-order valence-electron chi connectivity index (χ1n) is 10.6. The highest BCUT2D eigenvalue weighted by molar-refractivity contribution is 5.88. The molecule has 4 atom stereocenters. The molecule has 0 spiro atoms. The van der Waals surface area contributed by atoms with Crippen LogP contribution in [0.4, 0.5) is 0 Å². The van der Waals surface area contributed by atoms with Crippen molar-refractivity contribution in [1.29, 1.82) is 0 Å². The van der Waals surface area contributed by atoms with Gasteiger partial charge in [0.15, 0.2) is 17.1 Å². The van der Waals surface area contributed by atoms with Gasteiger partial charge in [-0.1, -0.05) is 36.4 Å². The number of carboxylic acid groups (broad SMARTS) is 1. The number of carbonyl (C=O) groups is 3. The lowest BCUT2D eigenvalue weighted by atomic mass is 9.79. The molecule has 0 heterocycles. The molecule has 1 saturated carbocycles. The number of ether oxygens (including phenoxy) is 2. The summed E-state index contributed by atoms with van der Waals surface area (Å²) < 4.78 is 10.3. The second-order valence-electron chi connectivity index (χ2n) is 8.01. The molecule has 35 heavy (non-hydrogen) atoms. The van der Waals surface area contributed by atoms with E-state index in [1.54, 1.807) is 30.3 Å². The lowest BCUT2D eigenvalue weighted by Gasteiger charge is -2.40. The van der Waals surface area contributed by atoms with Crippen LogP contribution in [-0.2, 0) is 23.9 Å². The van der Waals surface area contributed by atoms with Crippen molar-refractivity contribution in [3.05, 3.63) is 71.8 Å². The van der Waals surface area contributed by atoms with Crippen LogP contribution >= 0.6 is 0 Å². The predicted octanol–water partition coefficient (Wildman–Crippen LogP) is 1.62. The van der Waals surface area contributed by atoms with Crippen LogP contribution in [-0.4, -0.2) is 67.4 Å². The van der Waals surface area contributed by atoms with Crippen molar-refractivity contribution >= 4 is 30.1 Å². The van der Waals surface area contributed by atoms with Gasteiger partial charge in [0.2, 0.25) is 0 Å². The average Bonchev–Trinajstić information content (AvgIpc) is 2.82. The van der Waals surface area contributed by atoms with Gasteiger partial charge in [0.05, 0.1) is 0 Å². The molecule has 1 aliphatic rings. The maximum Gasteiger partial charge on any atom is 0.335 e. The first-order valence-corrected chi connectivity index (χ1v) is 10.6. The van der Waals surface area contributed by atoms with Gasteiger partial charge in [0.1, 0.15) is 18.3 Å². The van der Waals surface area contributed by atoms with Crippen LogP contribution in [0.15, 0.2) is 60.7 Å². The number of aromatic hydroxyl groups is 2. The number of carboxylic acids is 1. The molecule has 0 bridgehead atoms. The van der Waals surface area contributed by atoms with E-state index in [1.165, 1.54) is 30.4 Å². The first kappa shape index (κ1) is 25.5. The number of hydrogen-bond acceptors (Lipinski definition) is 9. The Kier molecular flexibility index (Phi) is 7.90. The van der Waals surface area contributed by atoms with Crippen molar-refractivity contribution in [2.24, 2.45) is 0 Å². The van der Waals surface area contributed by atoms with Crippen LogP contribution in [0.2, 0.25) is 0 Å². The molecule has 1 aliphatic carbocycles. The van der Waals surface area contributed by atoms with Crippen molar-refractivity contribution in [2.75, 3.05) is 0 Å². The highest BCUT2D eigenvalue weighted by Crippen LogP contribution is 2.33. The third-order valence-electron chi connectivity index (χ3n) is 5.40. The lowest BCUT2D eigenvalue weighted by molar-refractivity contribution is -0.203. The summed E-state index contributed by atoms with van der Waals surface area (Å²) >= 11 is 0. The zero-order valence-electron chi connectivity index (χ0n) is 18.4. The normalized spacial score (nSPS) is 24.3. The molecular formula is C25H24O10. The summed E-state index contributed by atoms with van der Waals surface area (Å²) in [4.78, 5) is 36.2. The van der Waals surface area contributed by atoms with E-state index in [9.17, 15) is 39.9 Å². The first-order chi connectivity index (χ1) is 16.6. The molecule has 0 amide bonds. The molecule has 10 heteroatoms. The van der Waals surface area contributed by atoms with E-state index in [2.05, 4.69) is 0 Å². The molecule has 0 saturated heterocycles. The number of esters is 2. The highest BCUT2D eigenvalue weighted by atomic mass is 16.6. The van der Waals surface area contributed by atoms with Gasteiger partial charge < -0.3 is 35.0 Å². The molecule has 184 valence electrons. The van der Waals surface area contributed by atoms with Gasteiger partial charge in [-0.3, -0.25) is 0 Å². The maximum absolute atomic E-state index is 12.3. The number of benzene rings is 2. The second kappa shape index (κ2) is 10.9. The van der Waals surface area contributed by atoms with Crippen molar-refractivity contribution in [2.45, 2.75) is 36.8 Å². The van der Waals surface area contributed by atoms with Crippen LogP contribution in [0.25, 0.3) is 12.2 Å². The van der Waals surface area contributed by atoms with Crippen molar-refractivity contribution in [3.8, 4) is 11.5 Å². The standard InChI is InChI=1S/C25H24O10/c26-17-9-6-16(12-18(17)27)8-11-22(29)35-20-14-25(33,24(31)32)13-19(23(20)30)34-21(28)10-7-15-4-2-1-3-5-15/h1-12,19-20,23,26-27,30,33H,13-14H2,(H,31,32)/b10-7+,11-8+/t19-,20-,23+,25-/m1/s1. The molecular weight excluding hydrogens is 460 g/mol. The Labute approximate surface area is 200 Å². The largest absolute Gasteiger partial charge is 0.504 e. The number of carbonyl (C=O) groups excluding carboxylic acids is 2. The number of aliphatic carboxylic acids is 1. The topological polar surface area (TPSA) is 171 Å². The smallest absolute Gasteiger partial charge is 0.335 e. The van der Waals surface area contributed by atoms with Gasteiger partial charge in [0, 0.05) is 25.0 Å². The monoisotopic (exact) mass is 484 g/mol. The van der Waals surface area contributed by atoms with E-state index in [0.717, 1.165) is 12.2 Å². The number of hydrogen-bond donors (Lipinski definition) is 5. The summed E-state index contributed by atoms with van der Waals surface area (Å²) in [6.45, 7) is 0. The van der Waals surface area contributed by atoms with Crippen LogP contribution in [0, 0.1) is 0 Å². The fraction of sp³-hybridized carbons (Fsp3) is 0.240. The van der Waals surface area contributed by atoms with Crippen molar-refractivity contribution in [3.63, 3.8) is 0 Å². The van der Waals surface area contributed by atoms with Crippen molar-refractivity contribution < 1.29 is 49.4 Å². The third-order valence-corrected chi connectivity index (χ3v) is 5.40. The van der Waals surface area contributed by atoms with E-state index in [4.69, 9.17) is 9.47 Å². The zero-order chi connectivity index (χ0) is 25.6. The van der Waals surface area contributed by atoms with Crippen LogP contribution in [0.5, 0.6) is 11.5 Å². The molecule has 2 aromatic carbocycles. The number of aliphatic hydroxyl groups is 2. The number of aliphatic hydroxyl groups excluding tert-OH is 1. The molecule has 1 fully saturated rings. The Bertz CT molecular complexity index is 1140. The average molecular weight is 484 g/mol. The molecule has 5 N–H and O–H groups in total. The summed E-state index contributed by atoms with van der Waals surface area (Å²) in [5.74, 6) is -4.24. The van der Waals surface area contributed by atoms with Crippen molar-refractivity contribution in [1.82, 2.24) is 0 Å². The summed E-state index contributed by atoms with van der Waals surface area (Å²) in [7, 11) is 0. The van der Waals surface area contributed by atoms with E-state index in [0.29, 0.717) is 11.1 Å². The fourth-order valence-corrected chi connectivity index (χ4v) is 3.54. The highest BCUT2D eigenvalue weighted by Gasteiger charge is 2.52. The second-order valence-corrected chi connectivity index (χ2v) is 8.01. The molecule has 0 aromatic heterocycles. The third kappa shape index (κ3) is 6.69. The van der Waals surface area contributed by atoms with Gasteiger partial charge in [-0.2, -0.15) is 0 Å². The van der Waals surface area contributed by atoms with Gasteiger partial charge >= 0.3 is 17.9 Å². The van der Waals surface area contributed by atoms with Gasteiger partial charge in [0.25, 0.3) is 0 Å². The van der Waals surface area contributed by atoms with E-state index in [-0.39, 0.29) is 5.75 Å². The minimum Gasteiger partial charge on any atom is -0.504 e.